The average Bonchev–Trinajstić information content (AvgIpc) is 2.46. The first-order chi connectivity index (χ1) is 9.19. The Labute approximate surface area is 120 Å². The molecule has 2 aromatic carbocycles. The number of nitrogens with zero attached hydrogens (tertiary/aromatic N) is 1. The second-order valence-corrected chi connectivity index (χ2v) is 4.94. The molecule has 0 aliphatic carbocycles. The fraction of sp³-hybridized carbons (Fsp3) is 0.0714. The van der Waals surface area contributed by atoms with Crippen LogP contribution in [0, 0.1) is 10.9 Å². The number of hydrogen-bond donors (Lipinski definition) is 3. The molecule has 0 unspecified atom stereocenters. The molecule has 96 valence electrons. The van der Waals surface area contributed by atoms with Gasteiger partial charge in [0.25, 0.3) is 0 Å². The second-order valence-electron chi connectivity index (χ2n) is 4.02. The van der Waals surface area contributed by atoms with Crippen molar-refractivity contribution in [1.29, 1.82) is 10.9 Å². The third kappa shape index (κ3) is 3.72. The molecule has 0 aliphatic rings. The van der Waals surface area contributed by atoms with E-state index in [-0.39, 0.29) is 5.84 Å². The molecule has 19 heavy (non-hydrogen) atoms. The SMILES string of the molecule is N=NC(=N)c1cccc(NCc2ccc(Br)cc2)c1. The smallest absolute Gasteiger partial charge is 0.173 e. The highest BCUT2D eigenvalue weighted by atomic mass is 79.9. The summed E-state index contributed by atoms with van der Waals surface area (Å²) in [6, 6.07) is 15.5. The Morgan fingerprint density at radius 2 is 1.89 bits per heavy atom. The van der Waals surface area contributed by atoms with Crippen LogP contribution in [0.3, 0.4) is 0 Å². The molecule has 0 atom stereocenters. The van der Waals surface area contributed by atoms with E-state index in [0.29, 0.717) is 12.1 Å². The fourth-order valence-corrected chi connectivity index (χ4v) is 1.91. The summed E-state index contributed by atoms with van der Waals surface area (Å²) >= 11 is 3.40. The van der Waals surface area contributed by atoms with Gasteiger partial charge in [0.05, 0.1) is 0 Å². The van der Waals surface area contributed by atoms with Gasteiger partial charge in [0.2, 0.25) is 0 Å². The molecule has 0 radical (unpaired) electrons. The van der Waals surface area contributed by atoms with Crippen molar-refractivity contribution in [3.8, 4) is 0 Å². The average molecular weight is 317 g/mol. The summed E-state index contributed by atoms with van der Waals surface area (Å²) in [6.07, 6.45) is 0. The summed E-state index contributed by atoms with van der Waals surface area (Å²) in [5.74, 6) is -0.0349. The standard InChI is InChI=1S/C14H13BrN4/c15-12-6-4-10(5-7-12)9-18-13-3-1-2-11(8-13)14(16)19-17/h1-8,16-18H,9H2. The Balaban J connectivity index is 2.05. The van der Waals surface area contributed by atoms with Gasteiger partial charge in [-0.2, -0.15) is 0 Å². The van der Waals surface area contributed by atoms with Crippen LogP contribution in [0.4, 0.5) is 5.69 Å². The lowest BCUT2D eigenvalue weighted by atomic mass is 10.1. The summed E-state index contributed by atoms with van der Waals surface area (Å²) in [5.41, 5.74) is 9.57. The molecule has 0 amide bonds. The van der Waals surface area contributed by atoms with E-state index in [4.69, 9.17) is 10.9 Å². The molecule has 0 fully saturated rings. The molecule has 3 N–H and O–H groups in total. The first-order valence-corrected chi connectivity index (χ1v) is 6.53. The van der Waals surface area contributed by atoms with Crippen molar-refractivity contribution in [1.82, 2.24) is 0 Å². The zero-order valence-electron chi connectivity index (χ0n) is 10.2. The maximum absolute atomic E-state index is 7.51. The van der Waals surface area contributed by atoms with Gasteiger partial charge >= 0.3 is 0 Å². The van der Waals surface area contributed by atoms with E-state index in [1.54, 1.807) is 6.07 Å². The van der Waals surface area contributed by atoms with Gasteiger partial charge in [-0.05, 0) is 29.8 Å². The van der Waals surface area contributed by atoms with Crippen LogP contribution in [-0.4, -0.2) is 5.84 Å². The molecule has 0 aliphatic heterocycles. The van der Waals surface area contributed by atoms with Crippen molar-refractivity contribution < 1.29 is 0 Å². The van der Waals surface area contributed by atoms with Crippen molar-refractivity contribution >= 4 is 27.5 Å². The van der Waals surface area contributed by atoms with Crippen LogP contribution in [0.1, 0.15) is 11.1 Å². The number of hydrogen-bond acceptors (Lipinski definition) is 3. The normalized spacial score (nSPS) is 9.95. The molecule has 4 nitrogen and oxygen atoms in total. The Morgan fingerprint density at radius 3 is 2.58 bits per heavy atom. The molecule has 5 heteroatoms. The van der Waals surface area contributed by atoms with Crippen LogP contribution in [-0.2, 0) is 6.54 Å². The number of rotatable bonds is 4. The molecule has 0 saturated heterocycles. The molecule has 0 bridgehead atoms. The monoisotopic (exact) mass is 316 g/mol. The second kappa shape index (κ2) is 6.24. The lowest BCUT2D eigenvalue weighted by Gasteiger charge is -2.08. The largest absolute Gasteiger partial charge is 0.381 e. The fourth-order valence-electron chi connectivity index (χ4n) is 1.65. The Morgan fingerprint density at radius 1 is 1.16 bits per heavy atom. The highest BCUT2D eigenvalue weighted by Gasteiger charge is 2.01. The summed E-state index contributed by atoms with van der Waals surface area (Å²) in [6.45, 7) is 0.710. The zero-order chi connectivity index (χ0) is 13.7. The van der Waals surface area contributed by atoms with E-state index in [2.05, 4.69) is 26.4 Å². The Hall–Kier alpha value is -2.01. The molecule has 2 aromatic rings. The highest BCUT2D eigenvalue weighted by molar-refractivity contribution is 9.10. The van der Waals surface area contributed by atoms with E-state index in [9.17, 15) is 0 Å². The maximum Gasteiger partial charge on any atom is 0.173 e. The van der Waals surface area contributed by atoms with E-state index in [0.717, 1.165) is 10.2 Å². The van der Waals surface area contributed by atoms with Gasteiger partial charge in [0, 0.05) is 22.3 Å². The molecular weight excluding hydrogens is 304 g/mol. The molecular formula is C14H13BrN4. The van der Waals surface area contributed by atoms with E-state index < -0.39 is 0 Å². The quantitative estimate of drug-likeness (QED) is 0.436. The molecule has 0 saturated carbocycles. The van der Waals surface area contributed by atoms with Crippen LogP contribution in [0.15, 0.2) is 58.1 Å². The predicted molar refractivity (Wildman–Crippen MR) is 79.9 cm³/mol. The predicted octanol–water partition coefficient (Wildman–Crippen LogP) is 4.42. The molecule has 0 heterocycles. The highest BCUT2D eigenvalue weighted by Crippen LogP contribution is 2.15. The third-order valence-corrected chi connectivity index (χ3v) is 3.19. The van der Waals surface area contributed by atoms with Gasteiger partial charge in [-0.3, -0.25) is 5.41 Å². The Kier molecular flexibility index (Phi) is 4.41. The van der Waals surface area contributed by atoms with Crippen molar-refractivity contribution in [3.63, 3.8) is 0 Å². The van der Waals surface area contributed by atoms with Gasteiger partial charge in [-0.15, -0.1) is 5.11 Å². The van der Waals surface area contributed by atoms with E-state index in [1.807, 2.05) is 42.5 Å². The van der Waals surface area contributed by atoms with Crippen molar-refractivity contribution in [2.75, 3.05) is 5.32 Å². The van der Waals surface area contributed by atoms with Gasteiger partial charge in [-0.1, -0.05) is 40.2 Å². The maximum atomic E-state index is 7.51. The summed E-state index contributed by atoms with van der Waals surface area (Å²) in [4.78, 5) is 0. The molecule has 0 spiro atoms. The first kappa shape index (κ1) is 13.4. The lowest BCUT2D eigenvalue weighted by molar-refractivity contribution is 1.14. The zero-order valence-corrected chi connectivity index (χ0v) is 11.7. The van der Waals surface area contributed by atoms with E-state index in [1.165, 1.54) is 5.56 Å². The van der Waals surface area contributed by atoms with Gasteiger partial charge < -0.3 is 5.32 Å². The summed E-state index contributed by atoms with van der Waals surface area (Å²) < 4.78 is 1.06. The minimum absolute atomic E-state index is 0.0349. The lowest BCUT2D eigenvalue weighted by Crippen LogP contribution is -2.01. The Bertz CT molecular complexity index is 593. The molecule has 0 aromatic heterocycles. The van der Waals surface area contributed by atoms with E-state index >= 15 is 0 Å². The van der Waals surface area contributed by atoms with Crippen LogP contribution in [0.2, 0.25) is 0 Å². The number of amidine groups is 1. The van der Waals surface area contributed by atoms with Gasteiger partial charge in [-0.25, -0.2) is 5.53 Å². The first-order valence-electron chi connectivity index (χ1n) is 5.74. The van der Waals surface area contributed by atoms with Crippen LogP contribution in [0.5, 0.6) is 0 Å². The van der Waals surface area contributed by atoms with Gasteiger partial charge in [0.15, 0.2) is 5.84 Å². The minimum Gasteiger partial charge on any atom is -0.381 e. The minimum atomic E-state index is -0.0349. The topological polar surface area (TPSA) is 72.1 Å². The third-order valence-electron chi connectivity index (χ3n) is 2.66. The summed E-state index contributed by atoms with van der Waals surface area (Å²) in [7, 11) is 0. The van der Waals surface area contributed by atoms with Crippen LogP contribution >= 0.6 is 15.9 Å². The van der Waals surface area contributed by atoms with Gasteiger partial charge in [0.1, 0.15) is 0 Å². The number of nitrogens with one attached hydrogen (secondary N) is 3. The van der Waals surface area contributed by atoms with Crippen molar-refractivity contribution in [2.45, 2.75) is 6.54 Å². The van der Waals surface area contributed by atoms with Crippen LogP contribution in [0.25, 0.3) is 0 Å². The number of anilines is 1. The van der Waals surface area contributed by atoms with Crippen molar-refractivity contribution in [2.24, 2.45) is 5.11 Å². The molecule has 2 rings (SSSR count). The van der Waals surface area contributed by atoms with Crippen molar-refractivity contribution in [3.05, 3.63) is 64.1 Å². The summed E-state index contributed by atoms with van der Waals surface area (Å²) in [5, 5.41) is 13.9. The number of benzene rings is 2. The number of halogens is 1. The van der Waals surface area contributed by atoms with Crippen LogP contribution < -0.4 is 5.32 Å².